The first-order chi connectivity index (χ1) is 10.4. The second kappa shape index (κ2) is 9.24. The summed E-state index contributed by atoms with van der Waals surface area (Å²) in [6.45, 7) is 4.09. The maximum Gasteiger partial charge on any atom is 0.319 e. The number of urea groups is 1. The molecule has 5 nitrogen and oxygen atoms in total. The Morgan fingerprint density at radius 1 is 1.14 bits per heavy atom. The van der Waals surface area contributed by atoms with E-state index in [-0.39, 0.29) is 18.4 Å². The highest BCUT2D eigenvalue weighted by Gasteiger charge is 2.11. The third kappa shape index (κ3) is 6.75. The third-order valence-corrected chi connectivity index (χ3v) is 3.37. The zero-order valence-corrected chi connectivity index (χ0v) is 13.2. The van der Waals surface area contributed by atoms with Gasteiger partial charge in [0.2, 0.25) is 5.91 Å². The number of thioether (sulfide) groups is 1. The second-order valence-electron chi connectivity index (χ2n) is 4.70. The highest BCUT2D eigenvalue weighted by molar-refractivity contribution is 7.99. The normalized spacial score (nSPS) is 10.6. The molecule has 122 valence electrons. The molecule has 1 rings (SSSR count). The van der Waals surface area contributed by atoms with Crippen LogP contribution in [0.1, 0.15) is 13.8 Å². The van der Waals surface area contributed by atoms with Gasteiger partial charge in [0.15, 0.2) is 0 Å². The van der Waals surface area contributed by atoms with Gasteiger partial charge in [-0.2, -0.15) is 8.78 Å². The molecular formula is C14H19F2N3O2S. The summed E-state index contributed by atoms with van der Waals surface area (Å²) in [5.74, 6) is -2.77. The van der Waals surface area contributed by atoms with Gasteiger partial charge in [-0.05, 0) is 12.1 Å². The molecule has 8 heteroatoms. The molecule has 0 aliphatic rings. The summed E-state index contributed by atoms with van der Waals surface area (Å²) in [6.07, 6.45) is 0. The van der Waals surface area contributed by atoms with Gasteiger partial charge in [0.1, 0.15) is 0 Å². The third-order valence-electron chi connectivity index (χ3n) is 2.59. The molecule has 1 aromatic carbocycles. The van der Waals surface area contributed by atoms with Crippen LogP contribution in [-0.2, 0) is 4.79 Å². The first-order valence-electron chi connectivity index (χ1n) is 6.76. The topological polar surface area (TPSA) is 70.2 Å². The number of amides is 3. The second-order valence-corrected chi connectivity index (χ2v) is 5.73. The molecule has 3 N–H and O–H groups in total. The van der Waals surface area contributed by atoms with E-state index in [0.29, 0.717) is 28.9 Å². The Labute approximate surface area is 132 Å². The van der Waals surface area contributed by atoms with Gasteiger partial charge >= 0.3 is 6.03 Å². The number of hydrogen-bond donors (Lipinski definition) is 3. The molecule has 0 bridgehead atoms. The van der Waals surface area contributed by atoms with E-state index in [1.807, 2.05) is 0 Å². The van der Waals surface area contributed by atoms with E-state index >= 15 is 0 Å². The molecule has 0 aliphatic carbocycles. The highest BCUT2D eigenvalue weighted by Crippen LogP contribution is 2.31. The van der Waals surface area contributed by atoms with E-state index < -0.39 is 11.8 Å². The molecule has 0 fully saturated rings. The minimum Gasteiger partial charge on any atom is -0.354 e. The van der Waals surface area contributed by atoms with Crippen molar-refractivity contribution in [2.75, 3.05) is 18.4 Å². The summed E-state index contributed by atoms with van der Waals surface area (Å²) in [5.41, 5.74) is 0.316. The minimum atomic E-state index is -2.56. The van der Waals surface area contributed by atoms with Gasteiger partial charge in [0, 0.05) is 23.9 Å². The standard InChI is InChI=1S/C14H19F2N3O2S/c1-9(2)12(20)17-7-8-18-14(21)19-10-5-3-4-6-11(10)22-13(15)16/h3-6,9,13H,7-8H2,1-2H3,(H,17,20)(H2,18,19,21). The van der Waals surface area contributed by atoms with Crippen molar-refractivity contribution in [2.45, 2.75) is 24.5 Å². The number of anilines is 1. The Bertz CT molecular complexity index is 513. The van der Waals surface area contributed by atoms with Crippen LogP contribution in [0, 0.1) is 5.92 Å². The van der Waals surface area contributed by atoms with Gasteiger partial charge in [0.05, 0.1) is 5.69 Å². The number of hydrogen-bond acceptors (Lipinski definition) is 3. The lowest BCUT2D eigenvalue weighted by Crippen LogP contribution is -2.38. The van der Waals surface area contributed by atoms with Gasteiger partial charge < -0.3 is 16.0 Å². The first-order valence-corrected chi connectivity index (χ1v) is 7.64. The van der Waals surface area contributed by atoms with Crippen molar-refractivity contribution < 1.29 is 18.4 Å². The van der Waals surface area contributed by atoms with Crippen LogP contribution in [0.3, 0.4) is 0 Å². The van der Waals surface area contributed by atoms with Crippen molar-refractivity contribution in [2.24, 2.45) is 5.92 Å². The Hall–Kier alpha value is -1.83. The zero-order chi connectivity index (χ0) is 16.5. The largest absolute Gasteiger partial charge is 0.354 e. The molecule has 0 atom stereocenters. The fraction of sp³-hybridized carbons (Fsp3) is 0.429. The van der Waals surface area contributed by atoms with Crippen LogP contribution in [0.5, 0.6) is 0 Å². The molecule has 0 spiro atoms. The number of carbonyl (C=O) groups excluding carboxylic acids is 2. The Kier molecular flexibility index (Phi) is 7.65. The fourth-order valence-electron chi connectivity index (χ4n) is 1.50. The number of halogens is 2. The predicted octanol–water partition coefficient (Wildman–Crippen LogP) is 2.90. The van der Waals surface area contributed by atoms with Crippen LogP contribution in [0.25, 0.3) is 0 Å². The summed E-state index contributed by atoms with van der Waals surface area (Å²) in [4.78, 5) is 23.3. The van der Waals surface area contributed by atoms with Crippen molar-refractivity contribution >= 4 is 29.4 Å². The number of carbonyl (C=O) groups is 2. The van der Waals surface area contributed by atoms with Crippen molar-refractivity contribution in [3.8, 4) is 0 Å². The summed E-state index contributed by atoms with van der Waals surface area (Å²) >= 11 is 0.370. The van der Waals surface area contributed by atoms with Gasteiger partial charge in [-0.15, -0.1) is 0 Å². The number of benzene rings is 1. The quantitative estimate of drug-likeness (QED) is 0.531. The van der Waals surface area contributed by atoms with Gasteiger partial charge in [-0.25, -0.2) is 4.79 Å². The molecule has 0 aliphatic heterocycles. The molecule has 0 aromatic heterocycles. The van der Waals surface area contributed by atoms with Crippen LogP contribution in [-0.4, -0.2) is 30.8 Å². The molecule has 0 unspecified atom stereocenters. The molecule has 0 saturated carbocycles. The smallest absolute Gasteiger partial charge is 0.319 e. The van der Waals surface area contributed by atoms with Crippen molar-refractivity contribution in [3.05, 3.63) is 24.3 Å². The lowest BCUT2D eigenvalue weighted by molar-refractivity contribution is -0.123. The predicted molar refractivity (Wildman–Crippen MR) is 83.2 cm³/mol. The molecule has 0 heterocycles. The maximum atomic E-state index is 12.4. The molecular weight excluding hydrogens is 312 g/mol. The Morgan fingerprint density at radius 2 is 1.77 bits per heavy atom. The SMILES string of the molecule is CC(C)C(=O)NCCNC(=O)Nc1ccccc1SC(F)F. The monoisotopic (exact) mass is 331 g/mol. The van der Waals surface area contributed by atoms with Gasteiger partial charge in [-0.3, -0.25) is 4.79 Å². The highest BCUT2D eigenvalue weighted by atomic mass is 32.2. The van der Waals surface area contributed by atoms with Crippen LogP contribution in [0.2, 0.25) is 0 Å². The fourth-order valence-corrected chi connectivity index (χ4v) is 2.10. The number of alkyl halides is 2. The van der Waals surface area contributed by atoms with E-state index in [0.717, 1.165) is 0 Å². The summed E-state index contributed by atoms with van der Waals surface area (Å²) in [6, 6.07) is 5.81. The summed E-state index contributed by atoms with van der Waals surface area (Å²) < 4.78 is 24.8. The minimum absolute atomic E-state index is 0.0964. The van der Waals surface area contributed by atoms with Gasteiger partial charge in [-0.1, -0.05) is 37.7 Å². The van der Waals surface area contributed by atoms with E-state index in [4.69, 9.17) is 0 Å². The van der Waals surface area contributed by atoms with E-state index in [9.17, 15) is 18.4 Å². The first kappa shape index (κ1) is 18.2. The average Bonchev–Trinajstić information content (AvgIpc) is 2.44. The van der Waals surface area contributed by atoms with E-state index in [1.54, 1.807) is 32.0 Å². The average molecular weight is 331 g/mol. The van der Waals surface area contributed by atoms with Gasteiger partial charge in [0.25, 0.3) is 5.76 Å². The summed E-state index contributed by atoms with van der Waals surface area (Å²) in [7, 11) is 0. The van der Waals surface area contributed by atoms with Crippen molar-refractivity contribution in [1.29, 1.82) is 0 Å². The number of nitrogens with one attached hydrogen (secondary N) is 3. The lowest BCUT2D eigenvalue weighted by atomic mass is 10.2. The lowest BCUT2D eigenvalue weighted by Gasteiger charge is -2.12. The molecule has 0 radical (unpaired) electrons. The Balaban J connectivity index is 2.41. The Morgan fingerprint density at radius 3 is 2.41 bits per heavy atom. The number of para-hydroxylation sites is 1. The van der Waals surface area contributed by atoms with Crippen LogP contribution < -0.4 is 16.0 Å². The number of rotatable bonds is 7. The molecule has 0 saturated heterocycles. The van der Waals surface area contributed by atoms with E-state index in [1.165, 1.54) is 6.07 Å². The van der Waals surface area contributed by atoms with Crippen molar-refractivity contribution in [3.63, 3.8) is 0 Å². The molecule has 22 heavy (non-hydrogen) atoms. The summed E-state index contributed by atoms with van der Waals surface area (Å²) in [5, 5.41) is 7.71. The van der Waals surface area contributed by atoms with Crippen LogP contribution >= 0.6 is 11.8 Å². The maximum absolute atomic E-state index is 12.4. The molecule has 1 aromatic rings. The van der Waals surface area contributed by atoms with Crippen LogP contribution in [0.15, 0.2) is 29.2 Å². The molecule has 3 amide bonds. The van der Waals surface area contributed by atoms with Crippen molar-refractivity contribution in [1.82, 2.24) is 10.6 Å². The van der Waals surface area contributed by atoms with E-state index in [2.05, 4.69) is 16.0 Å². The zero-order valence-electron chi connectivity index (χ0n) is 12.4. The van der Waals surface area contributed by atoms with Crippen LogP contribution in [0.4, 0.5) is 19.3 Å².